The third-order valence-electron chi connectivity index (χ3n) is 8.24. The number of imidazole rings is 1. The molecule has 0 bridgehead atoms. The lowest BCUT2D eigenvalue weighted by Gasteiger charge is -2.39. The van der Waals surface area contributed by atoms with Crippen LogP contribution in [0, 0.1) is 0 Å². The summed E-state index contributed by atoms with van der Waals surface area (Å²) >= 11 is 12.7. The van der Waals surface area contributed by atoms with Crippen molar-refractivity contribution in [1.29, 1.82) is 0 Å². The summed E-state index contributed by atoms with van der Waals surface area (Å²) in [7, 11) is 0. The van der Waals surface area contributed by atoms with Crippen molar-refractivity contribution in [2.45, 2.75) is 132 Å². The lowest BCUT2D eigenvalue weighted by molar-refractivity contribution is -0.695. The molecule has 0 spiro atoms. The second-order valence-corrected chi connectivity index (χ2v) is 12.7. The van der Waals surface area contributed by atoms with Crippen LogP contribution in [0.3, 0.4) is 0 Å². The zero-order chi connectivity index (χ0) is 35.5. The van der Waals surface area contributed by atoms with Crippen molar-refractivity contribution in [2.75, 3.05) is 0 Å². The molecule has 2 aromatic rings. The summed E-state index contributed by atoms with van der Waals surface area (Å²) in [5.41, 5.74) is 0.838. The number of hydrogen-bond acceptors (Lipinski definition) is 0. The number of hydrogen-bond donors (Lipinski definition) is 0. The van der Waals surface area contributed by atoms with Crippen LogP contribution in [0.25, 0.3) is 0 Å². The number of nitrogens with zero attached hydrogens (tertiary/aromatic N) is 2. The van der Waals surface area contributed by atoms with Crippen molar-refractivity contribution < 1.29 is 61.6 Å². The molecular formula is C30H34Cl2F13N2+. The maximum atomic E-state index is 13.9. The first kappa shape index (κ1) is 39.5. The number of aromatic nitrogens is 2. The minimum atomic E-state index is -7.85. The molecule has 0 aliphatic heterocycles. The maximum Gasteiger partial charge on any atom is 0.460 e. The van der Waals surface area contributed by atoms with E-state index < -0.39 is 48.6 Å². The minimum absolute atomic E-state index is 0.198. The quantitative estimate of drug-likeness (QED) is 0.0771. The molecule has 2 nitrogen and oxygen atoms in total. The van der Waals surface area contributed by atoms with Gasteiger partial charge in [0.2, 0.25) is 0 Å². The summed E-state index contributed by atoms with van der Waals surface area (Å²) < 4.78 is 176. The average Bonchev–Trinajstić information content (AvgIpc) is 3.72. The van der Waals surface area contributed by atoms with Gasteiger partial charge in [-0.3, -0.25) is 0 Å². The highest BCUT2D eigenvalue weighted by Gasteiger charge is 2.90. The van der Waals surface area contributed by atoms with Crippen LogP contribution in [0.4, 0.5) is 57.1 Å². The van der Waals surface area contributed by atoms with E-state index in [9.17, 15) is 57.1 Å². The second kappa shape index (κ2) is 14.9. The highest BCUT2D eigenvalue weighted by Crippen LogP contribution is 2.60. The van der Waals surface area contributed by atoms with E-state index in [1.54, 1.807) is 18.2 Å². The van der Waals surface area contributed by atoms with Gasteiger partial charge in [0.15, 0.2) is 0 Å². The summed E-state index contributed by atoms with van der Waals surface area (Å²) in [6.07, 6.45) is 0.251. The summed E-state index contributed by atoms with van der Waals surface area (Å²) in [5.74, 6) is -34.8. The van der Waals surface area contributed by atoms with Crippen LogP contribution in [0.1, 0.15) is 94.4 Å². The third-order valence-corrected chi connectivity index (χ3v) is 8.94. The highest BCUT2D eigenvalue weighted by atomic mass is 35.5. The predicted molar refractivity (Wildman–Crippen MR) is 149 cm³/mol. The monoisotopic (exact) mass is 739 g/mol. The Morgan fingerprint density at radius 1 is 0.638 bits per heavy atom. The molecule has 1 aromatic carbocycles. The molecule has 268 valence electrons. The van der Waals surface area contributed by atoms with E-state index in [-0.39, 0.29) is 12.8 Å². The van der Waals surface area contributed by atoms with Crippen molar-refractivity contribution in [3.05, 3.63) is 52.0 Å². The average molecular weight is 740 g/mol. The fraction of sp³-hybridized carbons (Fsp3) is 0.700. The molecule has 47 heavy (non-hydrogen) atoms. The molecule has 0 unspecified atom stereocenters. The molecule has 0 N–H and O–H groups in total. The molecule has 1 aliphatic carbocycles. The van der Waals surface area contributed by atoms with E-state index in [0.717, 1.165) is 50.6 Å². The second-order valence-electron chi connectivity index (χ2n) is 11.9. The number of rotatable bonds is 19. The fourth-order valence-electron chi connectivity index (χ4n) is 5.29. The standard InChI is InChI=1S/C30H34Cl2F13N2/c31-22-11-10-12-23(32)21(22)19-47-18-17-46(24(47)20-13-14-20)16-9-7-5-3-1-2-4-6-8-15-25(33,34)26(35,36)27(37,38)28(39,40)29(41,42)30(43,44)45/h10-12,17-18,20H,1-9,13-16,19H2/q+1. The van der Waals surface area contributed by atoms with Crippen LogP contribution in [0.2, 0.25) is 10.0 Å². The van der Waals surface area contributed by atoms with Gasteiger partial charge in [-0.2, -0.15) is 57.1 Å². The van der Waals surface area contributed by atoms with Crippen LogP contribution in [-0.4, -0.2) is 40.4 Å². The van der Waals surface area contributed by atoms with Gasteiger partial charge in [0.05, 0.1) is 12.5 Å². The number of unbranched alkanes of at least 4 members (excludes halogenated alkanes) is 8. The van der Waals surface area contributed by atoms with E-state index >= 15 is 0 Å². The topological polar surface area (TPSA) is 8.81 Å². The fourth-order valence-corrected chi connectivity index (χ4v) is 5.81. The molecule has 1 fully saturated rings. The van der Waals surface area contributed by atoms with E-state index in [2.05, 4.69) is 9.13 Å². The summed E-state index contributed by atoms with van der Waals surface area (Å²) in [6.45, 7) is 1.33. The molecule has 0 atom stereocenters. The first-order valence-corrected chi connectivity index (χ1v) is 15.8. The van der Waals surface area contributed by atoms with Gasteiger partial charge in [0, 0.05) is 22.0 Å². The van der Waals surface area contributed by atoms with Gasteiger partial charge >= 0.3 is 35.8 Å². The van der Waals surface area contributed by atoms with Crippen molar-refractivity contribution in [3.8, 4) is 0 Å². The van der Waals surface area contributed by atoms with E-state index in [0.29, 0.717) is 35.3 Å². The van der Waals surface area contributed by atoms with Crippen LogP contribution in [-0.2, 0) is 13.1 Å². The number of benzene rings is 1. The Bertz CT molecular complexity index is 1300. The Morgan fingerprint density at radius 2 is 1.11 bits per heavy atom. The first-order valence-electron chi connectivity index (χ1n) is 15.1. The number of aryl methyl sites for hydroxylation is 1. The number of halogens is 15. The Hall–Kier alpha value is -1.90. The molecule has 1 heterocycles. The van der Waals surface area contributed by atoms with Crippen molar-refractivity contribution in [2.24, 2.45) is 0 Å². The van der Waals surface area contributed by atoms with Crippen LogP contribution >= 0.6 is 23.2 Å². The van der Waals surface area contributed by atoms with E-state index in [1.807, 2.05) is 12.4 Å². The summed E-state index contributed by atoms with van der Waals surface area (Å²) in [6, 6.07) is 5.36. The molecule has 1 aromatic heterocycles. The van der Waals surface area contributed by atoms with Gasteiger partial charge in [-0.15, -0.1) is 0 Å². The lowest BCUT2D eigenvalue weighted by Crippen LogP contribution is -2.70. The van der Waals surface area contributed by atoms with E-state index in [4.69, 9.17) is 23.2 Å². The lowest BCUT2D eigenvalue weighted by atomic mass is 9.91. The predicted octanol–water partition coefficient (Wildman–Crippen LogP) is 11.6. The van der Waals surface area contributed by atoms with Gasteiger partial charge in [-0.25, -0.2) is 9.13 Å². The smallest absolute Gasteiger partial charge is 0.234 e. The van der Waals surface area contributed by atoms with Gasteiger partial charge in [0.25, 0.3) is 5.82 Å². The Balaban J connectivity index is 1.37. The van der Waals surface area contributed by atoms with Crippen LogP contribution in [0.15, 0.2) is 30.6 Å². The minimum Gasteiger partial charge on any atom is -0.234 e. The largest absolute Gasteiger partial charge is 0.460 e. The molecule has 17 heteroatoms. The molecule has 0 amide bonds. The molecule has 3 rings (SSSR count). The van der Waals surface area contributed by atoms with Crippen LogP contribution < -0.4 is 4.57 Å². The molecule has 1 aliphatic rings. The number of alkyl halides is 13. The van der Waals surface area contributed by atoms with Crippen molar-refractivity contribution >= 4 is 23.2 Å². The third kappa shape index (κ3) is 8.46. The van der Waals surface area contributed by atoms with Gasteiger partial charge in [0.1, 0.15) is 18.9 Å². The van der Waals surface area contributed by atoms with Crippen molar-refractivity contribution in [3.63, 3.8) is 0 Å². The van der Waals surface area contributed by atoms with Crippen molar-refractivity contribution in [1.82, 2.24) is 4.57 Å². The maximum absolute atomic E-state index is 13.9. The molecule has 0 saturated heterocycles. The van der Waals surface area contributed by atoms with Gasteiger partial charge in [-0.1, -0.05) is 67.8 Å². The summed E-state index contributed by atoms with van der Waals surface area (Å²) in [5, 5.41) is 1.17. The summed E-state index contributed by atoms with van der Waals surface area (Å²) in [4.78, 5) is 0. The Morgan fingerprint density at radius 3 is 1.60 bits per heavy atom. The first-order chi connectivity index (χ1) is 21.6. The molecule has 0 radical (unpaired) electrons. The zero-order valence-electron chi connectivity index (χ0n) is 24.9. The van der Waals surface area contributed by atoms with Gasteiger partial charge < -0.3 is 0 Å². The Kier molecular flexibility index (Phi) is 12.6. The van der Waals surface area contributed by atoms with Gasteiger partial charge in [-0.05, 0) is 44.2 Å². The molecular weight excluding hydrogens is 706 g/mol. The van der Waals surface area contributed by atoms with Crippen LogP contribution in [0.5, 0.6) is 0 Å². The SMILES string of the molecule is FC(F)(F)C(F)(F)C(F)(F)C(F)(F)C(F)(F)C(F)(F)CCCCCCCCCCCn1cc[n+](Cc2c(Cl)cccc2Cl)c1C1CC1. The molecule has 1 saturated carbocycles. The Labute approximate surface area is 273 Å². The van der Waals surface area contributed by atoms with E-state index in [1.165, 1.54) is 5.82 Å². The normalized spacial score (nSPS) is 15.5. The highest BCUT2D eigenvalue weighted by molar-refractivity contribution is 6.35. The zero-order valence-corrected chi connectivity index (χ0v) is 26.4.